The average Bonchev–Trinajstić information content (AvgIpc) is 2.72. The van der Waals surface area contributed by atoms with Crippen molar-refractivity contribution in [3.05, 3.63) is 39.8 Å². The van der Waals surface area contributed by atoms with Crippen LogP contribution < -0.4 is 5.32 Å². The van der Waals surface area contributed by atoms with E-state index in [9.17, 15) is 13.2 Å². The van der Waals surface area contributed by atoms with E-state index in [1.807, 2.05) is 0 Å². The van der Waals surface area contributed by atoms with Gasteiger partial charge in [-0.15, -0.1) is 11.3 Å². The number of benzene rings is 1. The monoisotopic (exact) mass is 324 g/mol. The molecule has 1 aromatic carbocycles. The third kappa shape index (κ3) is 4.93. The van der Waals surface area contributed by atoms with Crippen LogP contribution in [0.5, 0.6) is 0 Å². The molecule has 2 rings (SSSR count). The number of anilines is 1. The number of nitrogens with zero attached hydrogens (tertiary/aromatic N) is 1. The zero-order valence-electron chi connectivity index (χ0n) is 9.37. The van der Waals surface area contributed by atoms with Crippen molar-refractivity contribution in [3.63, 3.8) is 0 Å². The highest BCUT2D eigenvalue weighted by Crippen LogP contribution is 2.37. The summed E-state index contributed by atoms with van der Waals surface area (Å²) in [4.78, 5) is 5.02. The number of rotatable bonds is 4. The smallest absolute Gasteiger partial charge is 0.380 e. The number of thioether (sulfide) groups is 1. The van der Waals surface area contributed by atoms with E-state index in [1.54, 1.807) is 18.3 Å². The Labute approximate surface area is 121 Å². The molecule has 0 aliphatic rings. The summed E-state index contributed by atoms with van der Waals surface area (Å²) in [5.74, 6) is 0. The first-order valence-electron chi connectivity index (χ1n) is 5.12. The van der Waals surface area contributed by atoms with Crippen LogP contribution >= 0.6 is 34.7 Å². The number of hydrogen-bond donors (Lipinski definition) is 1. The van der Waals surface area contributed by atoms with Gasteiger partial charge in [0.2, 0.25) is 0 Å². The van der Waals surface area contributed by atoms with Crippen molar-refractivity contribution in [1.29, 1.82) is 0 Å². The van der Waals surface area contributed by atoms with Gasteiger partial charge in [0.05, 0.1) is 6.54 Å². The largest absolute Gasteiger partial charge is 0.446 e. The number of alkyl halides is 3. The number of nitrogens with one attached hydrogen (secondary N) is 1. The number of aromatic nitrogens is 1. The molecule has 0 radical (unpaired) electrons. The summed E-state index contributed by atoms with van der Waals surface area (Å²) in [7, 11) is 0. The first-order chi connectivity index (χ1) is 8.92. The van der Waals surface area contributed by atoms with Gasteiger partial charge in [-0.3, -0.25) is 0 Å². The zero-order valence-corrected chi connectivity index (χ0v) is 11.8. The van der Waals surface area contributed by atoms with Gasteiger partial charge in [-0.1, -0.05) is 11.6 Å². The molecule has 19 heavy (non-hydrogen) atoms. The van der Waals surface area contributed by atoms with Gasteiger partial charge in [-0.25, -0.2) is 4.98 Å². The lowest BCUT2D eigenvalue weighted by Gasteiger charge is -2.07. The molecule has 0 amide bonds. The van der Waals surface area contributed by atoms with Crippen LogP contribution in [-0.4, -0.2) is 10.5 Å². The van der Waals surface area contributed by atoms with Gasteiger partial charge >= 0.3 is 5.51 Å². The molecule has 2 aromatic rings. The molecule has 102 valence electrons. The molecule has 1 N–H and O–H groups in total. The van der Waals surface area contributed by atoms with Crippen LogP contribution in [0.15, 0.2) is 35.4 Å². The van der Waals surface area contributed by atoms with Crippen LogP contribution in [0.1, 0.15) is 4.88 Å². The maximum absolute atomic E-state index is 12.1. The highest BCUT2D eigenvalue weighted by atomic mass is 35.5. The Balaban J connectivity index is 1.91. The van der Waals surface area contributed by atoms with Crippen LogP contribution in [0.25, 0.3) is 0 Å². The van der Waals surface area contributed by atoms with Gasteiger partial charge in [0.15, 0.2) is 4.47 Å². The van der Waals surface area contributed by atoms with Crippen LogP contribution in [-0.2, 0) is 6.54 Å². The molecule has 1 aromatic heterocycles. The molecule has 1 heterocycles. The molecule has 0 spiro atoms. The highest BCUT2D eigenvalue weighted by Gasteiger charge is 2.28. The Morgan fingerprint density at radius 2 is 1.95 bits per heavy atom. The molecule has 0 fully saturated rings. The highest BCUT2D eigenvalue weighted by molar-refractivity contribution is 8.00. The van der Waals surface area contributed by atoms with Crippen molar-refractivity contribution in [2.75, 3.05) is 5.32 Å². The van der Waals surface area contributed by atoms with Crippen LogP contribution in [0.2, 0.25) is 4.47 Å². The van der Waals surface area contributed by atoms with Crippen LogP contribution in [0.4, 0.5) is 18.9 Å². The molecule has 0 saturated carbocycles. The van der Waals surface area contributed by atoms with Crippen molar-refractivity contribution < 1.29 is 13.2 Å². The van der Waals surface area contributed by atoms with Crippen molar-refractivity contribution in [3.8, 4) is 0 Å². The maximum Gasteiger partial charge on any atom is 0.446 e. The summed E-state index contributed by atoms with van der Waals surface area (Å²) in [5.41, 5.74) is -3.51. The topological polar surface area (TPSA) is 24.9 Å². The molecule has 8 heteroatoms. The van der Waals surface area contributed by atoms with Crippen molar-refractivity contribution in [1.82, 2.24) is 4.98 Å². The van der Waals surface area contributed by atoms with E-state index in [0.717, 1.165) is 10.6 Å². The molecule has 0 bridgehead atoms. The average molecular weight is 325 g/mol. The molecule has 0 saturated heterocycles. The first-order valence-corrected chi connectivity index (χ1v) is 7.13. The van der Waals surface area contributed by atoms with Gasteiger partial charge in [0, 0.05) is 21.7 Å². The fourth-order valence-electron chi connectivity index (χ4n) is 1.33. The predicted octanol–water partition coefficient (Wildman–Crippen LogP) is 5.02. The fourth-order valence-corrected chi connectivity index (χ4v) is 2.79. The van der Waals surface area contributed by atoms with E-state index < -0.39 is 5.51 Å². The molecular formula is C11H8ClF3N2S2. The summed E-state index contributed by atoms with van der Waals surface area (Å²) < 4.78 is 36.9. The lowest BCUT2D eigenvalue weighted by Crippen LogP contribution is -2.00. The summed E-state index contributed by atoms with van der Waals surface area (Å²) in [6.45, 7) is 0.538. The molecule has 0 unspecified atom stereocenters. The van der Waals surface area contributed by atoms with E-state index in [1.165, 1.54) is 23.5 Å². The second-order valence-electron chi connectivity index (χ2n) is 3.51. The van der Waals surface area contributed by atoms with Crippen molar-refractivity contribution in [2.45, 2.75) is 16.9 Å². The van der Waals surface area contributed by atoms with Crippen molar-refractivity contribution >= 4 is 40.4 Å². The SMILES string of the molecule is FC(F)(F)Sc1ccc(NCc2cnc(Cl)s2)cc1. The zero-order chi connectivity index (χ0) is 13.9. The van der Waals surface area contributed by atoms with Crippen LogP contribution in [0.3, 0.4) is 0 Å². The third-order valence-electron chi connectivity index (χ3n) is 2.08. The quantitative estimate of drug-likeness (QED) is 0.799. The summed E-state index contributed by atoms with van der Waals surface area (Å²) >= 11 is 6.93. The summed E-state index contributed by atoms with van der Waals surface area (Å²) in [6, 6.07) is 6.08. The fraction of sp³-hybridized carbons (Fsp3) is 0.182. The second-order valence-corrected chi connectivity index (χ2v) is 6.34. The molecule has 0 aliphatic carbocycles. The minimum atomic E-state index is -4.26. The normalized spacial score (nSPS) is 11.6. The Kier molecular flexibility index (Phi) is 4.59. The minimum Gasteiger partial charge on any atom is -0.380 e. The number of halogens is 4. The Bertz CT molecular complexity index is 540. The Morgan fingerprint density at radius 3 is 2.47 bits per heavy atom. The van der Waals surface area contributed by atoms with Crippen molar-refractivity contribution in [2.24, 2.45) is 0 Å². The van der Waals surface area contributed by atoms with E-state index in [4.69, 9.17) is 11.6 Å². The van der Waals surface area contributed by atoms with E-state index in [-0.39, 0.29) is 16.7 Å². The predicted molar refractivity (Wildman–Crippen MR) is 72.8 cm³/mol. The second kappa shape index (κ2) is 6.02. The molecule has 0 aliphatic heterocycles. The van der Waals surface area contributed by atoms with Gasteiger partial charge < -0.3 is 5.32 Å². The van der Waals surface area contributed by atoms with E-state index in [2.05, 4.69) is 10.3 Å². The Morgan fingerprint density at radius 1 is 1.26 bits per heavy atom. The maximum atomic E-state index is 12.1. The standard InChI is InChI=1S/C11H8ClF3N2S2/c12-10-17-6-9(18-10)5-16-7-1-3-8(4-2-7)19-11(13,14)15/h1-4,6,16H,5H2. The molecule has 0 atom stereocenters. The number of thiazole rings is 1. The lowest BCUT2D eigenvalue weighted by atomic mass is 10.3. The molecular weight excluding hydrogens is 317 g/mol. The Hall–Kier alpha value is -0.920. The van der Waals surface area contributed by atoms with E-state index >= 15 is 0 Å². The first kappa shape index (κ1) is 14.5. The van der Waals surface area contributed by atoms with E-state index in [0.29, 0.717) is 11.0 Å². The number of hydrogen-bond acceptors (Lipinski definition) is 4. The minimum absolute atomic E-state index is 0.126. The van der Waals surface area contributed by atoms with Gasteiger partial charge in [-0.05, 0) is 36.0 Å². The summed E-state index contributed by atoms with van der Waals surface area (Å²) in [5, 5.41) is 3.09. The molecule has 2 nitrogen and oxygen atoms in total. The van der Waals surface area contributed by atoms with Gasteiger partial charge in [0.25, 0.3) is 0 Å². The van der Waals surface area contributed by atoms with Gasteiger partial charge in [-0.2, -0.15) is 13.2 Å². The summed E-state index contributed by atoms with van der Waals surface area (Å²) in [6.07, 6.45) is 1.66. The lowest BCUT2D eigenvalue weighted by molar-refractivity contribution is -0.0328. The van der Waals surface area contributed by atoms with Crippen LogP contribution in [0, 0.1) is 0 Å². The third-order valence-corrected chi connectivity index (χ3v) is 3.93. The van der Waals surface area contributed by atoms with Gasteiger partial charge in [0.1, 0.15) is 0 Å².